The van der Waals surface area contributed by atoms with Crippen LogP contribution in [0.2, 0.25) is 4.68 Å². The van der Waals surface area contributed by atoms with Gasteiger partial charge in [-0.25, -0.2) is 0 Å². The Labute approximate surface area is 52.8 Å². The van der Waals surface area contributed by atoms with Crippen molar-refractivity contribution in [2.75, 3.05) is 0 Å². The molecule has 0 aliphatic heterocycles. The molecule has 0 nitrogen and oxygen atoms in total. The van der Waals surface area contributed by atoms with Crippen LogP contribution in [0.15, 0.2) is 0 Å². The average Bonchev–Trinajstić information content (AvgIpc) is 0.811. The zero-order valence-corrected chi connectivity index (χ0v) is 9.94. The Morgan fingerprint density at radius 1 is 1.50 bits per heavy atom. The first-order chi connectivity index (χ1) is 1.73. The van der Waals surface area contributed by atoms with Crippen molar-refractivity contribution in [2.45, 2.75) is 4.68 Å². The summed E-state index contributed by atoms with van der Waals surface area (Å²) in [5, 5.41) is 0. The van der Waals surface area contributed by atoms with E-state index in [0.29, 0.717) is 0 Å². The molecule has 0 aliphatic rings. The van der Waals surface area contributed by atoms with E-state index in [1.54, 1.807) is 0 Å². The third-order valence-corrected chi connectivity index (χ3v) is 0. The monoisotopic (exact) mass is 384 g/mol. The molecule has 4 heavy (non-hydrogen) atoms. The van der Waals surface area contributed by atoms with E-state index in [9.17, 15) is 0 Å². The van der Waals surface area contributed by atoms with E-state index >= 15 is 0 Å². The van der Waals surface area contributed by atoms with Gasteiger partial charge in [0.2, 0.25) is 0 Å². The average molecular weight is 384 g/mol. The summed E-state index contributed by atoms with van der Waals surface area (Å²) in [5.41, 5.74) is 0. The van der Waals surface area contributed by atoms with Crippen LogP contribution in [0.5, 0.6) is 0 Å². The molecule has 0 rings (SSSR count). The molecule has 0 spiro atoms. The second kappa shape index (κ2) is 3.52. The van der Waals surface area contributed by atoms with Crippen molar-refractivity contribution in [3.63, 3.8) is 0 Å². The van der Waals surface area contributed by atoms with Crippen LogP contribution in [-0.2, 0) is 0 Å². The van der Waals surface area contributed by atoms with Crippen LogP contribution in [0.4, 0.5) is 0 Å². The summed E-state index contributed by atoms with van der Waals surface area (Å²) >= 11 is 4.38. The van der Waals surface area contributed by atoms with Crippen LogP contribution in [-0.4, -0.2) is 13.1 Å². The molecule has 0 fully saturated rings. The van der Waals surface area contributed by atoms with Crippen molar-refractivity contribution in [3.8, 4) is 0 Å². The SMILES string of the molecule is [CH3][In]([I])[I]. The standard InChI is InChI=1S/CH3.2HI.In/h1H3;2*1H;/q;;;+2/p-2. The molecule has 0 saturated carbocycles. The first-order valence-electron chi connectivity index (χ1n) is 1.01. The zero-order valence-electron chi connectivity index (χ0n) is 2.33. The normalized spacial score (nSPS) is 6.75. The number of hydrogen-bond acceptors (Lipinski definition) is 0. The van der Waals surface area contributed by atoms with E-state index in [4.69, 9.17) is 0 Å². The summed E-state index contributed by atoms with van der Waals surface area (Å²) < 4.78 is 2.35. The van der Waals surface area contributed by atoms with Gasteiger partial charge in [0.05, 0.1) is 0 Å². The molecule has 0 amide bonds. The van der Waals surface area contributed by atoms with Gasteiger partial charge in [-0.05, 0) is 0 Å². The zero-order chi connectivity index (χ0) is 3.58. The van der Waals surface area contributed by atoms with Crippen molar-refractivity contribution in [2.24, 2.45) is 0 Å². The van der Waals surface area contributed by atoms with Gasteiger partial charge in [-0.15, -0.1) is 0 Å². The molecular weight excluding hydrogens is 381 g/mol. The first kappa shape index (κ1) is 6.33. The Kier molecular flexibility index (Phi) is 5.57. The maximum atomic E-state index is 2.54. The van der Waals surface area contributed by atoms with E-state index < -0.39 is 13.1 Å². The van der Waals surface area contributed by atoms with Gasteiger partial charge in [0, 0.05) is 0 Å². The molecular formula is CH3I2In. The molecule has 0 unspecified atom stereocenters. The summed E-state index contributed by atoms with van der Waals surface area (Å²) in [7, 11) is 0. The minimum atomic E-state index is -0.697. The van der Waals surface area contributed by atoms with E-state index in [1.165, 1.54) is 0 Å². The molecule has 0 aromatic heterocycles. The Bertz CT molecular complexity index is 10.8. The minimum absolute atomic E-state index is 0.697. The Balaban J connectivity index is 2.32. The van der Waals surface area contributed by atoms with Crippen LogP contribution >= 0.6 is 36.3 Å². The van der Waals surface area contributed by atoms with Crippen molar-refractivity contribution < 1.29 is 0 Å². The third-order valence-electron chi connectivity index (χ3n) is 0. The summed E-state index contributed by atoms with van der Waals surface area (Å²) in [6.07, 6.45) is 0. The summed E-state index contributed by atoms with van der Waals surface area (Å²) in [6.45, 7) is 0. The van der Waals surface area contributed by atoms with Crippen LogP contribution in [0.1, 0.15) is 0 Å². The second-order valence-corrected chi connectivity index (χ2v) is 44.5. The predicted octanol–water partition coefficient (Wildman–Crippen LogP) is 1.97. The van der Waals surface area contributed by atoms with Crippen LogP contribution in [0, 0.1) is 0 Å². The fourth-order valence-electron chi connectivity index (χ4n) is 0. The summed E-state index contributed by atoms with van der Waals surface area (Å²) in [6, 6.07) is 0. The van der Waals surface area contributed by atoms with E-state index in [1.807, 2.05) is 0 Å². The van der Waals surface area contributed by atoms with E-state index in [2.05, 4.69) is 41.0 Å². The summed E-state index contributed by atoms with van der Waals surface area (Å²) in [4.78, 5) is 0. The molecule has 0 N–H and O–H groups in total. The quantitative estimate of drug-likeness (QED) is 0.561. The van der Waals surface area contributed by atoms with Gasteiger partial charge in [-0.1, -0.05) is 0 Å². The van der Waals surface area contributed by atoms with Crippen molar-refractivity contribution in [3.05, 3.63) is 0 Å². The molecule has 3 heteroatoms. The van der Waals surface area contributed by atoms with Crippen molar-refractivity contribution in [1.29, 1.82) is 0 Å². The fraction of sp³-hybridized carbons (Fsp3) is 1.00. The number of hydrogen-bond donors (Lipinski definition) is 0. The van der Waals surface area contributed by atoms with Crippen LogP contribution < -0.4 is 0 Å². The Morgan fingerprint density at radius 3 is 1.50 bits per heavy atom. The molecule has 0 atom stereocenters. The fourth-order valence-corrected chi connectivity index (χ4v) is 0. The van der Waals surface area contributed by atoms with Gasteiger partial charge in [0.1, 0.15) is 0 Å². The predicted molar refractivity (Wildman–Crippen MR) is 39.7 cm³/mol. The third kappa shape index (κ3) is 8.84. The molecule has 24 valence electrons. The van der Waals surface area contributed by atoms with E-state index in [0.717, 1.165) is 0 Å². The van der Waals surface area contributed by atoms with Gasteiger partial charge in [0.15, 0.2) is 0 Å². The van der Waals surface area contributed by atoms with E-state index in [-0.39, 0.29) is 0 Å². The molecule has 0 saturated heterocycles. The molecule has 0 radical (unpaired) electrons. The Morgan fingerprint density at radius 2 is 1.50 bits per heavy atom. The Hall–Kier alpha value is 2.33. The van der Waals surface area contributed by atoms with Gasteiger partial charge in [0.25, 0.3) is 0 Å². The number of halogens is 2. The van der Waals surface area contributed by atoms with Gasteiger partial charge in [-0.2, -0.15) is 0 Å². The molecule has 0 heterocycles. The first-order valence-corrected chi connectivity index (χ1v) is 23.5. The molecule has 0 aromatic carbocycles. The van der Waals surface area contributed by atoms with Crippen LogP contribution in [0.3, 0.4) is 0 Å². The van der Waals surface area contributed by atoms with Gasteiger partial charge < -0.3 is 0 Å². The number of rotatable bonds is 0. The van der Waals surface area contributed by atoms with Crippen molar-refractivity contribution >= 4 is 49.4 Å². The molecule has 0 aliphatic carbocycles. The molecule has 0 aromatic rings. The van der Waals surface area contributed by atoms with Gasteiger partial charge in [-0.3, -0.25) is 0 Å². The van der Waals surface area contributed by atoms with Crippen molar-refractivity contribution in [1.82, 2.24) is 0 Å². The topological polar surface area (TPSA) is 0 Å². The second-order valence-electron chi connectivity index (χ2n) is 0.519. The summed E-state index contributed by atoms with van der Waals surface area (Å²) in [5.74, 6) is 0. The van der Waals surface area contributed by atoms with Gasteiger partial charge >= 0.3 is 54.1 Å². The maximum absolute atomic E-state index is 2.54. The molecule has 0 bridgehead atoms. The van der Waals surface area contributed by atoms with Crippen LogP contribution in [0.25, 0.3) is 0 Å².